The van der Waals surface area contributed by atoms with Crippen molar-refractivity contribution in [3.05, 3.63) is 0 Å². The van der Waals surface area contributed by atoms with Crippen LogP contribution in [0.2, 0.25) is 19.6 Å². The maximum atomic E-state index is 9.30. The Hall–Kier alpha value is 0.354. The van der Waals surface area contributed by atoms with Crippen molar-refractivity contribution < 1.29 is 9.22 Å². The molecule has 62 valence electrons. The number of hydrogen-bond donors (Lipinski definition) is 1. The average Bonchev–Trinajstić information content (AvgIpc) is 1.81. The molecule has 0 aliphatic rings. The quantitative estimate of drug-likeness (QED) is 0.641. The van der Waals surface area contributed by atoms with Crippen LogP contribution >= 0.6 is 0 Å². The highest BCUT2D eigenvalue weighted by molar-refractivity contribution is 6.54. The molecule has 0 bridgehead atoms. The predicted molar refractivity (Wildman–Crippen MR) is 49.3 cm³/mol. The Labute approximate surface area is 66.7 Å². The van der Waals surface area contributed by atoms with E-state index in [1.54, 1.807) is 0 Å². The average molecular weight is 178 g/mol. The Kier molecular flexibility index (Phi) is 5.24. The van der Waals surface area contributed by atoms with Gasteiger partial charge < -0.3 is 9.22 Å². The first-order chi connectivity index (χ1) is 4.57. The first-order valence-electron chi connectivity index (χ1n) is 3.91. The maximum Gasteiger partial charge on any atom is 0.196 e. The molecule has 0 rings (SSSR count). The van der Waals surface area contributed by atoms with E-state index in [1.165, 1.54) is 0 Å². The molecule has 10 heavy (non-hydrogen) atoms. The molecule has 0 aromatic rings. The van der Waals surface area contributed by atoms with Crippen molar-refractivity contribution in [2.45, 2.75) is 38.7 Å². The normalized spacial score (nSPS) is 17.4. The summed E-state index contributed by atoms with van der Waals surface area (Å²) in [7, 11) is -2.46. The summed E-state index contributed by atoms with van der Waals surface area (Å²) in [6, 6.07) is 0. The minimum absolute atomic E-state index is 0.201. The monoisotopic (exact) mass is 178 g/mol. The third-order valence-corrected chi connectivity index (χ3v) is 4.30. The molecule has 0 saturated carbocycles. The second-order valence-corrected chi connectivity index (χ2v) is 7.47. The SMILES string of the molecule is CCC(O[SiH](C)C)[SiH](C)O. The highest BCUT2D eigenvalue weighted by atomic mass is 28.3. The van der Waals surface area contributed by atoms with Gasteiger partial charge in [0.2, 0.25) is 0 Å². The van der Waals surface area contributed by atoms with E-state index in [4.69, 9.17) is 4.43 Å². The van der Waals surface area contributed by atoms with Gasteiger partial charge in [0.05, 0.1) is 5.73 Å². The Morgan fingerprint density at radius 3 is 2.00 bits per heavy atom. The molecule has 0 aliphatic carbocycles. The van der Waals surface area contributed by atoms with Gasteiger partial charge in [-0.25, -0.2) is 0 Å². The second kappa shape index (κ2) is 5.06. The lowest BCUT2D eigenvalue weighted by Crippen LogP contribution is -2.33. The van der Waals surface area contributed by atoms with Crippen molar-refractivity contribution in [3.63, 3.8) is 0 Å². The lowest BCUT2D eigenvalue weighted by molar-refractivity contribution is 0.255. The Morgan fingerprint density at radius 2 is 1.90 bits per heavy atom. The van der Waals surface area contributed by atoms with Crippen LogP contribution in [0.1, 0.15) is 13.3 Å². The van der Waals surface area contributed by atoms with Gasteiger partial charge in [0.15, 0.2) is 18.1 Å². The predicted octanol–water partition coefficient (Wildman–Crippen LogP) is 0.650. The van der Waals surface area contributed by atoms with E-state index in [-0.39, 0.29) is 5.73 Å². The molecule has 1 N–H and O–H groups in total. The van der Waals surface area contributed by atoms with E-state index in [1.807, 2.05) is 6.55 Å². The second-order valence-electron chi connectivity index (χ2n) is 2.87. The minimum atomic E-state index is -1.53. The van der Waals surface area contributed by atoms with Crippen LogP contribution in [0.5, 0.6) is 0 Å². The zero-order valence-electron chi connectivity index (χ0n) is 7.29. The van der Waals surface area contributed by atoms with Crippen LogP contribution in [-0.4, -0.2) is 28.6 Å². The Morgan fingerprint density at radius 1 is 1.40 bits per heavy atom. The maximum absolute atomic E-state index is 9.30. The Bertz CT molecular complexity index is 85.8. The molecule has 0 aromatic heterocycles. The molecule has 2 atom stereocenters. The van der Waals surface area contributed by atoms with Crippen LogP contribution < -0.4 is 0 Å². The van der Waals surface area contributed by atoms with Crippen LogP contribution in [-0.2, 0) is 4.43 Å². The molecular formula is C6H18O2Si2. The van der Waals surface area contributed by atoms with Gasteiger partial charge in [-0.2, -0.15) is 0 Å². The van der Waals surface area contributed by atoms with Crippen molar-refractivity contribution >= 4 is 18.1 Å². The van der Waals surface area contributed by atoms with E-state index in [0.29, 0.717) is 0 Å². The van der Waals surface area contributed by atoms with Crippen LogP contribution in [0, 0.1) is 0 Å². The molecule has 0 heterocycles. The molecule has 4 heteroatoms. The van der Waals surface area contributed by atoms with Crippen LogP contribution in [0.4, 0.5) is 0 Å². The first kappa shape index (κ1) is 10.4. The third-order valence-electron chi connectivity index (χ3n) is 1.39. The van der Waals surface area contributed by atoms with Gasteiger partial charge in [-0.3, -0.25) is 0 Å². The van der Waals surface area contributed by atoms with Gasteiger partial charge in [0.1, 0.15) is 0 Å². The van der Waals surface area contributed by atoms with Crippen molar-refractivity contribution in [1.29, 1.82) is 0 Å². The van der Waals surface area contributed by atoms with Crippen LogP contribution in [0.3, 0.4) is 0 Å². The Balaban J connectivity index is 3.60. The molecule has 2 unspecified atom stereocenters. The summed E-state index contributed by atoms with van der Waals surface area (Å²) in [5.41, 5.74) is 0.201. The van der Waals surface area contributed by atoms with Gasteiger partial charge in [0, 0.05) is 0 Å². The molecule has 0 fully saturated rings. The molecule has 2 nitrogen and oxygen atoms in total. The summed E-state index contributed by atoms with van der Waals surface area (Å²) in [4.78, 5) is 9.30. The standard InChI is InChI=1S/C6H18O2Si2/c1-5-6(10(4)7)8-9(2)3/h6-7,9-10H,5H2,1-4H3. The third kappa shape index (κ3) is 4.21. The summed E-state index contributed by atoms with van der Waals surface area (Å²) >= 11 is 0. The van der Waals surface area contributed by atoms with Gasteiger partial charge in [0.25, 0.3) is 0 Å². The van der Waals surface area contributed by atoms with E-state index in [0.717, 1.165) is 6.42 Å². The van der Waals surface area contributed by atoms with Crippen LogP contribution in [0.25, 0.3) is 0 Å². The molecule has 0 aliphatic heterocycles. The molecule has 0 aromatic carbocycles. The van der Waals surface area contributed by atoms with E-state index < -0.39 is 18.1 Å². The van der Waals surface area contributed by atoms with E-state index in [9.17, 15) is 4.80 Å². The fraction of sp³-hybridized carbons (Fsp3) is 1.00. The van der Waals surface area contributed by atoms with Crippen LogP contribution in [0.15, 0.2) is 0 Å². The summed E-state index contributed by atoms with van der Waals surface area (Å²) in [6.45, 7) is 8.27. The fourth-order valence-electron chi connectivity index (χ4n) is 0.901. The molecule has 0 spiro atoms. The smallest absolute Gasteiger partial charge is 0.196 e. The molecular weight excluding hydrogens is 160 g/mol. The van der Waals surface area contributed by atoms with Gasteiger partial charge in [-0.05, 0) is 26.1 Å². The van der Waals surface area contributed by atoms with Crippen molar-refractivity contribution in [2.75, 3.05) is 0 Å². The minimum Gasteiger partial charge on any atom is -0.432 e. The highest BCUT2D eigenvalue weighted by Gasteiger charge is 2.16. The lowest BCUT2D eigenvalue weighted by atomic mass is 10.5. The largest absolute Gasteiger partial charge is 0.432 e. The van der Waals surface area contributed by atoms with Crippen molar-refractivity contribution in [2.24, 2.45) is 0 Å². The lowest BCUT2D eigenvalue weighted by Gasteiger charge is -2.19. The topological polar surface area (TPSA) is 29.5 Å². The molecule has 0 saturated heterocycles. The zero-order valence-corrected chi connectivity index (χ0v) is 9.60. The van der Waals surface area contributed by atoms with Crippen molar-refractivity contribution in [3.8, 4) is 0 Å². The summed E-state index contributed by atoms with van der Waals surface area (Å²) in [5, 5.41) is 0. The first-order valence-corrected chi connectivity index (χ1v) is 9.03. The number of rotatable bonds is 4. The van der Waals surface area contributed by atoms with Gasteiger partial charge in [-0.1, -0.05) is 6.92 Å². The highest BCUT2D eigenvalue weighted by Crippen LogP contribution is 2.02. The van der Waals surface area contributed by atoms with Gasteiger partial charge >= 0.3 is 0 Å². The summed E-state index contributed by atoms with van der Waals surface area (Å²) in [6.07, 6.45) is 0.967. The fourth-order valence-corrected chi connectivity index (χ4v) is 4.33. The van der Waals surface area contributed by atoms with E-state index in [2.05, 4.69) is 20.0 Å². The molecule has 0 radical (unpaired) electrons. The summed E-state index contributed by atoms with van der Waals surface area (Å²) in [5.74, 6) is 0. The van der Waals surface area contributed by atoms with E-state index >= 15 is 0 Å². The zero-order chi connectivity index (χ0) is 8.15. The van der Waals surface area contributed by atoms with Crippen molar-refractivity contribution in [1.82, 2.24) is 0 Å². The van der Waals surface area contributed by atoms with Gasteiger partial charge in [-0.15, -0.1) is 0 Å². The molecule has 0 amide bonds. The summed E-state index contributed by atoms with van der Waals surface area (Å²) < 4.78 is 5.61. The number of hydrogen-bond acceptors (Lipinski definition) is 2.